The number of carbonyl (C=O) groups excluding carboxylic acids is 2. The fourth-order valence-corrected chi connectivity index (χ4v) is 4.78. The molecule has 37 heavy (non-hydrogen) atoms. The van der Waals surface area contributed by atoms with Crippen LogP contribution in [0, 0.1) is 0 Å². The molecule has 7 nitrogen and oxygen atoms in total. The van der Waals surface area contributed by atoms with Gasteiger partial charge in [-0.1, -0.05) is 54.6 Å². The average Bonchev–Trinajstić information content (AvgIpc) is 3.35. The summed E-state index contributed by atoms with van der Waals surface area (Å²) >= 11 is 1.54. The van der Waals surface area contributed by atoms with E-state index >= 15 is 0 Å². The number of esters is 1. The number of benzene rings is 3. The number of fused-ring (bicyclic) bond motifs is 1. The molecule has 8 heteroatoms. The predicted octanol–water partition coefficient (Wildman–Crippen LogP) is 6.05. The number of nitrogens with one attached hydrogen (secondary N) is 1. The molecular weight excluding hydrogens is 490 g/mol. The molecule has 0 spiro atoms. The van der Waals surface area contributed by atoms with Crippen LogP contribution in [0.2, 0.25) is 0 Å². The summed E-state index contributed by atoms with van der Waals surface area (Å²) in [6.07, 6.45) is -0.641. The van der Waals surface area contributed by atoms with Crippen molar-refractivity contribution in [1.29, 1.82) is 0 Å². The Morgan fingerprint density at radius 1 is 0.892 bits per heavy atom. The van der Waals surface area contributed by atoms with Gasteiger partial charge in [0.2, 0.25) is 6.79 Å². The lowest BCUT2D eigenvalue weighted by atomic mass is 9.99. The molecule has 3 aromatic rings. The normalized spacial score (nSPS) is 13.1. The van der Waals surface area contributed by atoms with Gasteiger partial charge in [0.1, 0.15) is 11.6 Å². The maximum Gasteiger partial charge on any atom is 0.408 e. The Hall–Kier alpha value is -3.65. The molecule has 1 aliphatic rings. The number of alkyl carbamates (subject to hydrolysis) is 1. The number of hydrogen-bond acceptors (Lipinski definition) is 7. The highest BCUT2D eigenvalue weighted by Crippen LogP contribution is 2.36. The number of thioether (sulfide) groups is 1. The van der Waals surface area contributed by atoms with Crippen molar-refractivity contribution in [2.24, 2.45) is 0 Å². The Balaban J connectivity index is 1.32. The molecule has 1 unspecified atom stereocenters. The van der Waals surface area contributed by atoms with Crippen molar-refractivity contribution in [3.8, 4) is 33.8 Å². The molecule has 0 bridgehead atoms. The Bertz CT molecular complexity index is 1230. The van der Waals surface area contributed by atoms with E-state index in [0.29, 0.717) is 11.5 Å². The molecule has 4 rings (SSSR count). The zero-order valence-corrected chi connectivity index (χ0v) is 22.2. The van der Waals surface area contributed by atoms with Crippen LogP contribution in [0.25, 0.3) is 22.3 Å². The van der Waals surface area contributed by atoms with Gasteiger partial charge in [-0.2, -0.15) is 11.8 Å². The Labute approximate surface area is 221 Å². The summed E-state index contributed by atoms with van der Waals surface area (Å²) in [7, 11) is 1.30. The van der Waals surface area contributed by atoms with Crippen LogP contribution in [0.1, 0.15) is 26.3 Å². The van der Waals surface area contributed by atoms with Crippen molar-refractivity contribution in [2.75, 3.05) is 19.7 Å². The van der Waals surface area contributed by atoms with Crippen molar-refractivity contribution < 1.29 is 28.5 Å². The fourth-order valence-electron chi connectivity index (χ4n) is 3.78. The van der Waals surface area contributed by atoms with E-state index in [9.17, 15) is 9.59 Å². The van der Waals surface area contributed by atoms with E-state index in [-0.39, 0.29) is 6.79 Å². The third-order valence-electron chi connectivity index (χ3n) is 5.61. The average molecular weight is 522 g/mol. The lowest BCUT2D eigenvalue weighted by Crippen LogP contribution is -2.45. The van der Waals surface area contributed by atoms with Crippen LogP contribution in [-0.4, -0.2) is 43.4 Å². The third kappa shape index (κ3) is 7.20. The maximum absolute atomic E-state index is 12.1. The first-order chi connectivity index (χ1) is 17.7. The van der Waals surface area contributed by atoms with Gasteiger partial charge in [-0.3, -0.25) is 0 Å². The molecular formula is C29H31NO6S. The number of rotatable bonds is 8. The minimum atomic E-state index is -0.785. The summed E-state index contributed by atoms with van der Waals surface area (Å²) in [5.41, 5.74) is 4.89. The van der Waals surface area contributed by atoms with Gasteiger partial charge in [0.05, 0.1) is 7.11 Å². The molecule has 0 saturated carbocycles. The van der Waals surface area contributed by atoms with E-state index in [4.69, 9.17) is 18.9 Å². The lowest BCUT2D eigenvalue weighted by Gasteiger charge is -2.22. The minimum Gasteiger partial charge on any atom is -0.467 e. The lowest BCUT2D eigenvalue weighted by molar-refractivity contribution is -0.142. The van der Waals surface area contributed by atoms with Gasteiger partial charge in [0, 0.05) is 11.5 Å². The van der Waals surface area contributed by atoms with E-state index in [0.717, 1.165) is 39.3 Å². The zero-order valence-electron chi connectivity index (χ0n) is 21.4. The maximum atomic E-state index is 12.1. The molecule has 3 aromatic carbocycles. The number of ether oxygens (including phenoxy) is 4. The predicted molar refractivity (Wildman–Crippen MR) is 145 cm³/mol. The number of amides is 1. The molecule has 1 amide bonds. The smallest absolute Gasteiger partial charge is 0.408 e. The molecule has 0 radical (unpaired) electrons. The molecule has 1 aliphatic heterocycles. The Morgan fingerprint density at radius 3 is 2.08 bits per heavy atom. The second-order valence-electron chi connectivity index (χ2n) is 9.58. The van der Waals surface area contributed by atoms with Crippen LogP contribution in [0.15, 0.2) is 66.7 Å². The van der Waals surface area contributed by atoms with Crippen LogP contribution in [0.3, 0.4) is 0 Å². The van der Waals surface area contributed by atoms with Crippen LogP contribution < -0.4 is 14.8 Å². The molecule has 0 saturated heterocycles. The fraction of sp³-hybridized carbons (Fsp3) is 0.310. The minimum absolute atomic E-state index is 0.265. The standard InChI is InChI=1S/C29H31NO6S/c1-29(2,3)36-28(32)30-24(27(31)33-4)17-37-16-19-5-7-20(8-6-19)21-9-11-22(12-10-21)23-13-14-25-26(15-23)35-18-34-25/h5-15,24H,16-18H2,1-4H3,(H,30,32). The molecule has 1 N–H and O–H groups in total. The molecule has 0 fully saturated rings. The van der Waals surface area contributed by atoms with Crippen LogP contribution in [0.4, 0.5) is 4.79 Å². The van der Waals surface area contributed by atoms with Gasteiger partial charge in [-0.15, -0.1) is 0 Å². The van der Waals surface area contributed by atoms with Gasteiger partial charge in [-0.25, -0.2) is 9.59 Å². The highest BCUT2D eigenvalue weighted by atomic mass is 32.2. The molecule has 0 aliphatic carbocycles. The quantitative estimate of drug-likeness (QED) is 0.361. The molecule has 0 aromatic heterocycles. The monoisotopic (exact) mass is 521 g/mol. The highest BCUT2D eigenvalue weighted by Gasteiger charge is 2.25. The number of hydrogen-bond donors (Lipinski definition) is 1. The Morgan fingerprint density at radius 2 is 1.46 bits per heavy atom. The van der Waals surface area contributed by atoms with Crippen molar-refractivity contribution >= 4 is 23.8 Å². The second-order valence-corrected chi connectivity index (χ2v) is 10.6. The van der Waals surface area contributed by atoms with Gasteiger partial charge < -0.3 is 24.3 Å². The SMILES string of the molecule is COC(=O)C(CSCc1ccc(-c2ccc(-c3ccc4c(c3)OCO4)cc2)cc1)NC(=O)OC(C)(C)C. The first-order valence-corrected chi connectivity index (χ1v) is 13.1. The topological polar surface area (TPSA) is 83.1 Å². The van der Waals surface area contributed by atoms with Crippen LogP contribution >= 0.6 is 11.8 Å². The van der Waals surface area contributed by atoms with E-state index in [1.165, 1.54) is 18.9 Å². The van der Waals surface area contributed by atoms with Gasteiger partial charge in [0.25, 0.3) is 0 Å². The summed E-state index contributed by atoms with van der Waals surface area (Å²) in [5.74, 6) is 2.10. The summed E-state index contributed by atoms with van der Waals surface area (Å²) in [4.78, 5) is 24.2. The summed E-state index contributed by atoms with van der Waals surface area (Å²) in [6.45, 7) is 5.57. The molecule has 1 heterocycles. The van der Waals surface area contributed by atoms with Crippen molar-refractivity contribution in [3.63, 3.8) is 0 Å². The van der Waals surface area contributed by atoms with E-state index < -0.39 is 23.7 Å². The third-order valence-corrected chi connectivity index (χ3v) is 6.71. The number of methoxy groups -OCH3 is 1. The van der Waals surface area contributed by atoms with E-state index in [1.54, 1.807) is 20.8 Å². The van der Waals surface area contributed by atoms with Crippen molar-refractivity contribution in [2.45, 2.75) is 38.2 Å². The summed E-state index contributed by atoms with van der Waals surface area (Å²) < 4.78 is 21.0. The first-order valence-electron chi connectivity index (χ1n) is 12.0. The first kappa shape index (κ1) is 26.4. The molecule has 1 atom stereocenters. The Kier molecular flexibility index (Phi) is 8.28. The second kappa shape index (κ2) is 11.6. The van der Waals surface area contributed by atoms with Crippen LogP contribution in [0.5, 0.6) is 11.5 Å². The van der Waals surface area contributed by atoms with E-state index in [1.807, 2.05) is 18.2 Å². The van der Waals surface area contributed by atoms with Crippen LogP contribution in [-0.2, 0) is 20.0 Å². The zero-order chi connectivity index (χ0) is 26.4. The van der Waals surface area contributed by atoms with Crippen molar-refractivity contribution in [3.05, 3.63) is 72.3 Å². The summed E-state index contributed by atoms with van der Waals surface area (Å²) in [5, 5.41) is 2.60. The largest absolute Gasteiger partial charge is 0.467 e. The number of carbonyl (C=O) groups is 2. The van der Waals surface area contributed by atoms with Gasteiger partial charge in [-0.05, 0) is 60.7 Å². The summed E-state index contributed by atoms with van der Waals surface area (Å²) in [6, 6.07) is 21.9. The molecule has 194 valence electrons. The van der Waals surface area contributed by atoms with Gasteiger partial charge >= 0.3 is 12.1 Å². The van der Waals surface area contributed by atoms with E-state index in [2.05, 4.69) is 53.8 Å². The highest BCUT2D eigenvalue weighted by molar-refractivity contribution is 7.98. The van der Waals surface area contributed by atoms with Crippen molar-refractivity contribution in [1.82, 2.24) is 5.32 Å². The van der Waals surface area contributed by atoms with Gasteiger partial charge in [0.15, 0.2) is 11.5 Å².